The maximum atomic E-state index is 13.5. The molecule has 0 bridgehead atoms. The lowest BCUT2D eigenvalue weighted by atomic mass is 9.43. The van der Waals surface area contributed by atoms with Crippen LogP contribution in [0.5, 0.6) is 0 Å². The van der Waals surface area contributed by atoms with Crippen molar-refractivity contribution in [3.8, 4) is 0 Å². The molecule has 0 spiro atoms. The van der Waals surface area contributed by atoms with Gasteiger partial charge in [0.05, 0.1) is 36.6 Å². The summed E-state index contributed by atoms with van der Waals surface area (Å²) < 4.78 is 61.8. The number of aliphatic hydroxyl groups excluding tert-OH is 2. The summed E-state index contributed by atoms with van der Waals surface area (Å²) in [6.45, 7) is 11.0. The number of methoxy groups -OCH3 is 3. The van der Waals surface area contributed by atoms with Gasteiger partial charge >= 0.3 is 5.97 Å². The van der Waals surface area contributed by atoms with E-state index in [-0.39, 0.29) is 24.7 Å². The second-order valence-electron chi connectivity index (χ2n) is 20.7. The first-order valence-corrected chi connectivity index (χ1v) is 24.3. The first-order chi connectivity index (χ1) is 31.8. The number of hydrogen-bond donors (Lipinski definition) is 4. The van der Waals surface area contributed by atoms with Crippen LogP contribution in [-0.4, -0.2) is 157 Å². The minimum Gasteiger partial charge on any atom is -0.458 e. The smallest absolute Gasteiger partial charge is 0.331 e. The number of ketones is 1. The number of benzene rings is 1. The van der Waals surface area contributed by atoms with Gasteiger partial charge in [-0.15, -0.1) is 0 Å². The molecule has 3 aliphatic heterocycles. The summed E-state index contributed by atoms with van der Waals surface area (Å²) in [6.07, 6.45) is -1.22. The van der Waals surface area contributed by atoms with Gasteiger partial charge in [-0.3, -0.25) is 4.79 Å². The van der Waals surface area contributed by atoms with Crippen molar-refractivity contribution < 1.29 is 77.4 Å². The summed E-state index contributed by atoms with van der Waals surface area (Å²) in [7, 11) is 4.64. The zero-order valence-electron chi connectivity index (χ0n) is 40.5. The zero-order chi connectivity index (χ0) is 48.2. The van der Waals surface area contributed by atoms with Crippen molar-refractivity contribution in [2.24, 2.45) is 22.7 Å². The molecular formula is C51H74O16. The fourth-order valence-corrected chi connectivity index (χ4v) is 13.4. The highest BCUT2D eigenvalue weighted by atomic mass is 16.8. The predicted molar refractivity (Wildman–Crippen MR) is 241 cm³/mol. The molecule has 3 saturated carbocycles. The Morgan fingerprint density at radius 2 is 1.40 bits per heavy atom. The third-order valence-electron chi connectivity index (χ3n) is 17.2. The Bertz CT molecular complexity index is 1960. The van der Waals surface area contributed by atoms with Crippen LogP contribution in [-0.2, 0) is 57.0 Å². The van der Waals surface area contributed by atoms with Crippen LogP contribution in [0, 0.1) is 22.7 Å². The minimum atomic E-state index is -1.68. The van der Waals surface area contributed by atoms with Gasteiger partial charge in [-0.05, 0) is 89.7 Å². The van der Waals surface area contributed by atoms with E-state index in [1.54, 1.807) is 27.2 Å². The average molecular weight is 943 g/mol. The molecular weight excluding hydrogens is 869 g/mol. The lowest BCUT2D eigenvalue weighted by Crippen LogP contribution is -2.75. The standard InChI is InChI=1S/C51H74O16/c1-27(52)34-19-22-51(57)49(34,6)38(65-39(53)16-15-31-13-11-10-12-14-31)26-37-48(5)20-18-33(23-32(48)17-21-50(37,51)56)64-40-24-35(58-7)44(29(3)61-40)66-41-25-36(59-8)45(30(4)62-41)67-47-43(55)46(60-9)42(54)28(2)63-47/h10-17,28-30,33-38,40-47,54-57H,18-26H2,1-9H3/b16-15+/t28-,29-,30-,33+,34+,35+,36+,37-,38-,40+,41+,42-,43-,44-,45-,46+,47+,48+,49+,50+,51-/m1/s1. The molecule has 0 aromatic heterocycles. The van der Waals surface area contributed by atoms with Gasteiger partial charge in [-0.1, -0.05) is 55.8 Å². The van der Waals surface area contributed by atoms with Crippen LogP contribution >= 0.6 is 0 Å². The van der Waals surface area contributed by atoms with Crippen LogP contribution in [0.1, 0.15) is 105 Å². The number of aliphatic hydroxyl groups is 4. The van der Waals surface area contributed by atoms with Crippen molar-refractivity contribution in [2.45, 2.75) is 203 Å². The number of carbonyl (C=O) groups is 2. The number of esters is 1. The molecule has 16 heteroatoms. The highest BCUT2D eigenvalue weighted by Gasteiger charge is 2.77. The predicted octanol–water partition coefficient (Wildman–Crippen LogP) is 4.56. The molecule has 21 atom stereocenters. The Balaban J connectivity index is 0.912. The van der Waals surface area contributed by atoms with E-state index in [0.29, 0.717) is 44.9 Å². The number of hydrogen-bond acceptors (Lipinski definition) is 16. The van der Waals surface area contributed by atoms with Crippen LogP contribution < -0.4 is 0 Å². The van der Waals surface area contributed by atoms with E-state index in [1.165, 1.54) is 20.1 Å². The number of rotatable bonds is 13. The second-order valence-corrected chi connectivity index (χ2v) is 20.7. The van der Waals surface area contributed by atoms with Crippen LogP contribution in [0.4, 0.5) is 0 Å². The number of fused-ring (bicyclic) bond motifs is 5. The second kappa shape index (κ2) is 19.8. The first-order valence-electron chi connectivity index (χ1n) is 24.3. The molecule has 4 N–H and O–H groups in total. The Morgan fingerprint density at radius 1 is 0.761 bits per heavy atom. The lowest BCUT2D eigenvalue weighted by molar-refractivity contribution is -0.352. The summed E-state index contributed by atoms with van der Waals surface area (Å²) in [6, 6.07) is 9.45. The van der Waals surface area contributed by atoms with E-state index in [1.807, 2.05) is 51.1 Å². The summed E-state index contributed by atoms with van der Waals surface area (Å²) in [4.78, 5) is 26.8. The van der Waals surface area contributed by atoms with Crippen LogP contribution in [0.3, 0.4) is 0 Å². The third kappa shape index (κ3) is 9.04. The van der Waals surface area contributed by atoms with Crippen molar-refractivity contribution in [3.05, 3.63) is 53.6 Å². The van der Waals surface area contributed by atoms with Gasteiger partial charge in [0.15, 0.2) is 18.9 Å². The summed E-state index contributed by atoms with van der Waals surface area (Å²) in [5, 5.41) is 47.2. The molecule has 4 aliphatic carbocycles. The van der Waals surface area contributed by atoms with Crippen LogP contribution in [0.15, 0.2) is 48.1 Å². The Labute approximate surface area is 394 Å². The summed E-state index contributed by atoms with van der Waals surface area (Å²) in [5.74, 6) is -1.69. The molecule has 67 heavy (non-hydrogen) atoms. The largest absolute Gasteiger partial charge is 0.458 e. The van der Waals surface area contributed by atoms with Crippen LogP contribution in [0.2, 0.25) is 0 Å². The Hall–Kier alpha value is -2.68. The van der Waals surface area contributed by atoms with Gasteiger partial charge < -0.3 is 67.8 Å². The fourth-order valence-electron chi connectivity index (χ4n) is 13.4. The van der Waals surface area contributed by atoms with E-state index >= 15 is 0 Å². The number of carbonyl (C=O) groups excluding carboxylic acids is 2. The molecule has 3 saturated heterocycles. The quantitative estimate of drug-likeness (QED) is 0.122. The molecule has 1 aromatic rings. The Kier molecular flexibility index (Phi) is 15.0. The molecule has 7 aliphatic rings. The van der Waals surface area contributed by atoms with Gasteiger partial charge in [0, 0.05) is 57.5 Å². The van der Waals surface area contributed by atoms with E-state index in [4.69, 9.17) is 47.4 Å². The summed E-state index contributed by atoms with van der Waals surface area (Å²) in [5.41, 5.74) is -3.01. The maximum Gasteiger partial charge on any atom is 0.331 e. The van der Waals surface area contributed by atoms with Crippen molar-refractivity contribution in [1.29, 1.82) is 0 Å². The lowest BCUT2D eigenvalue weighted by Gasteiger charge is -2.66. The van der Waals surface area contributed by atoms with Gasteiger partial charge in [-0.25, -0.2) is 4.79 Å². The van der Waals surface area contributed by atoms with Gasteiger partial charge in [0.1, 0.15) is 53.6 Å². The summed E-state index contributed by atoms with van der Waals surface area (Å²) >= 11 is 0. The van der Waals surface area contributed by atoms with Gasteiger partial charge in [0.25, 0.3) is 0 Å². The molecule has 3 heterocycles. The highest BCUT2D eigenvalue weighted by molar-refractivity contribution is 5.87. The zero-order valence-corrected chi connectivity index (χ0v) is 40.5. The average Bonchev–Trinajstić information content (AvgIpc) is 3.60. The molecule has 0 amide bonds. The maximum absolute atomic E-state index is 13.5. The molecule has 6 fully saturated rings. The number of Topliss-reactive ketones (excluding diaryl/α,β-unsaturated/α-hetero) is 1. The molecule has 1 aromatic carbocycles. The highest BCUT2D eigenvalue weighted by Crippen LogP contribution is 2.70. The van der Waals surface area contributed by atoms with E-state index in [2.05, 4.69) is 13.0 Å². The molecule has 0 radical (unpaired) electrons. The van der Waals surface area contributed by atoms with Gasteiger partial charge in [0.2, 0.25) is 0 Å². The van der Waals surface area contributed by atoms with Crippen molar-refractivity contribution >= 4 is 17.8 Å². The van der Waals surface area contributed by atoms with E-state index < -0.39 is 126 Å². The van der Waals surface area contributed by atoms with E-state index in [9.17, 15) is 30.0 Å². The van der Waals surface area contributed by atoms with Gasteiger partial charge in [-0.2, -0.15) is 0 Å². The normalized spacial score (nSPS) is 47.7. The number of ether oxygens (including phenoxy) is 10. The molecule has 16 nitrogen and oxygen atoms in total. The topological polar surface area (TPSA) is 207 Å². The van der Waals surface area contributed by atoms with Crippen LogP contribution in [0.25, 0.3) is 6.08 Å². The minimum absolute atomic E-state index is 0.0899. The first kappa shape index (κ1) is 50.7. The SMILES string of the molecule is CO[C@@H]1[C@@H](O)[C@H](O[C@H]2[C@@H](OC)C[C@H](O[C@H]3[C@@H](OC)C[C@H](O[C@H]4CC[C@@]5(C)C(=CC[C@]6(O)[C@@H]5C[C@@H](OC(=O)/C=C/c5ccccc5)[C@]5(C)[C@H](C(C)=O)CC[C@@]56O)C4)O[C@@H]3C)O[C@@H]2C)O[C@H](C)[C@H]1O. The molecule has 0 unspecified atom stereocenters. The van der Waals surface area contributed by atoms with Crippen molar-refractivity contribution in [1.82, 2.24) is 0 Å². The molecule has 374 valence electrons. The van der Waals surface area contributed by atoms with Crippen molar-refractivity contribution in [2.75, 3.05) is 21.3 Å². The monoisotopic (exact) mass is 942 g/mol. The Morgan fingerprint density at radius 3 is 2.03 bits per heavy atom. The van der Waals surface area contributed by atoms with Crippen molar-refractivity contribution in [3.63, 3.8) is 0 Å². The fraction of sp³-hybridized carbons (Fsp3) is 0.765. The van der Waals surface area contributed by atoms with E-state index in [0.717, 1.165) is 11.1 Å². The third-order valence-corrected chi connectivity index (χ3v) is 17.2. The molecule has 8 rings (SSSR count).